The second-order valence-corrected chi connectivity index (χ2v) is 14.6. The number of rotatable bonds is 10. The van der Waals surface area contributed by atoms with E-state index in [4.69, 9.17) is 9.97 Å². The first-order valence-corrected chi connectivity index (χ1v) is 17.9. The summed E-state index contributed by atoms with van der Waals surface area (Å²) in [4.78, 5) is 33.1. The van der Waals surface area contributed by atoms with Crippen molar-refractivity contribution in [1.82, 2.24) is 25.1 Å². The van der Waals surface area contributed by atoms with Gasteiger partial charge < -0.3 is 25.1 Å². The maximum absolute atomic E-state index is 13.4. The number of thiazole rings is 1. The van der Waals surface area contributed by atoms with E-state index in [-0.39, 0.29) is 11.9 Å². The Morgan fingerprint density at radius 2 is 1.82 bits per heavy atom. The quantitative estimate of drug-likeness (QED) is 0.322. The molecule has 1 amide bonds. The summed E-state index contributed by atoms with van der Waals surface area (Å²) in [6, 6.07) is 8.73. The molecule has 9 nitrogen and oxygen atoms in total. The summed E-state index contributed by atoms with van der Waals surface area (Å²) in [5.41, 5.74) is 4.01. The molecule has 0 bridgehead atoms. The summed E-state index contributed by atoms with van der Waals surface area (Å²) in [6.07, 6.45) is 7.32. The zero-order valence-corrected chi connectivity index (χ0v) is 28.2. The third-order valence-corrected chi connectivity index (χ3v) is 10.9. The first kappa shape index (κ1) is 32.2. The predicted molar refractivity (Wildman–Crippen MR) is 184 cm³/mol. The molecule has 2 aromatic heterocycles. The maximum Gasteiger partial charge on any atom is 0.222 e. The molecule has 0 radical (unpaired) electrons. The number of nitrogens with one attached hydrogen (secondary N) is 1. The number of carbonyl (C=O) groups excluding carboxylic acids is 1. The lowest BCUT2D eigenvalue weighted by Gasteiger charge is -2.35. The molecule has 0 spiro atoms. The number of carbonyl (C=O) groups is 1. The van der Waals surface area contributed by atoms with Crippen LogP contribution in [0, 0.1) is 0 Å². The number of aromatic nitrogens is 2. The minimum atomic E-state index is -0.597. The second kappa shape index (κ2) is 14.3. The van der Waals surface area contributed by atoms with E-state index in [0.29, 0.717) is 18.9 Å². The molecule has 5 heterocycles. The Balaban J connectivity index is 1.19. The summed E-state index contributed by atoms with van der Waals surface area (Å²) in [6.45, 7) is 15.5. The number of fused-ring (bicyclic) bond motifs is 1. The van der Waals surface area contributed by atoms with Gasteiger partial charge in [0.2, 0.25) is 5.91 Å². The number of anilines is 2. The lowest BCUT2D eigenvalue weighted by Crippen LogP contribution is -2.42. The Kier molecular flexibility index (Phi) is 10.2. The lowest BCUT2D eigenvalue weighted by atomic mass is 9.94. The van der Waals surface area contributed by atoms with Crippen molar-refractivity contribution in [2.75, 3.05) is 75.2 Å². The highest BCUT2D eigenvalue weighted by molar-refractivity contribution is 7.13. The fourth-order valence-electron chi connectivity index (χ4n) is 7.04. The molecule has 0 saturated carbocycles. The highest BCUT2D eigenvalue weighted by Gasteiger charge is 2.31. The molecule has 10 heteroatoms. The van der Waals surface area contributed by atoms with E-state index >= 15 is 0 Å². The van der Waals surface area contributed by atoms with Crippen molar-refractivity contribution >= 4 is 39.0 Å². The van der Waals surface area contributed by atoms with Gasteiger partial charge in [0.25, 0.3) is 0 Å². The van der Waals surface area contributed by atoms with E-state index in [1.165, 1.54) is 29.5 Å². The smallest absolute Gasteiger partial charge is 0.222 e. The zero-order chi connectivity index (χ0) is 31.4. The number of hydrogen-bond acceptors (Lipinski definition) is 9. The largest absolute Gasteiger partial charge is 0.390 e. The second-order valence-electron chi connectivity index (χ2n) is 13.8. The molecule has 45 heavy (non-hydrogen) atoms. The van der Waals surface area contributed by atoms with Crippen molar-refractivity contribution in [3.8, 4) is 0 Å². The Bertz CT molecular complexity index is 1430. The molecule has 1 aromatic carbocycles. The van der Waals surface area contributed by atoms with Gasteiger partial charge in [-0.2, -0.15) is 0 Å². The number of amides is 1. The van der Waals surface area contributed by atoms with Crippen molar-refractivity contribution in [2.24, 2.45) is 0 Å². The van der Waals surface area contributed by atoms with Crippen LogP contribution in [0.2, 0.25) is 0 Å². The number of pyridine rings is 1. The van der Waals surface area contributed by atoms with Gasteiger partial charge >= 0.3 is 0 Å². The van der Waals surface area contributed by atoms with E-state index in [1.807, 2.05) is 19.2 Å². The summed E-state index contributed by atoms with van der Waals surface area (Å²) in [7, 11) is 0. The molecule has 3 aromatic rings. The van der Waals surface area contributed by atoms with Crippen LogP contribution in [-0.2, 0) is 4.79 Å². The molecule has 3 aliphatic rings. The molecule has 0 aliphatic carbocycles. The van der Waals surface area contributed by atoms with E-state index in [0.717, 1.165) is 94.5 Å². The van der Waals surface area contributed by atoms with Gasteiger partial charge in [-0.1, -0.05) is 19.9 Å². The van der Waals surface area contributed by atoms with Crippen LogP contribution in [0.5, 0.6) is 0 Å². The molecular weight excluding hydrogens is 582 g/mol. The van der Waals surface area contributed by atoms with E-state index < -0.39 is 5.60 Å². The van der Waals surface area contributed by atoms with E-state index in [9.17, 15) is 9.90 Å². The summed E-state index contributed by atoms with van der Waals surface area (Å²) in [5.74, 6) is 0.541. The zero-order valence-electron chi connectivity index (χ0n) is 27.4. The molecule has 2 N–H and O–H groups in total. The number of likely N-dealkylation sites (tertiary alicyclic amines) is 1. The minimum Gasteiger partial charge on any atom is -0.390 e. The summed E-state index contributed by atoms with van der Waals surface area (Å²) in [5, 5.41) is 18.0. The fourth-order valence-corrected chi connectivity index (χ4v) is 7.97. The third-order valence-electron chi connectivity index (χ3n) is 9.98. The predicted octanol–water partition coefficient (Wildman–Crippen LogP) is 5.02. The Labute approximate surface area is 272 Å². The average Bonchev–Trinajstić information content (AvgIpc) is 3.67. The van der Waals surface area contributed by atoms with Crippen molar-refractivity contribution in [3.63, 3.8) is 0 Å². The molecule has 3 aliphatic heterocycles. The van der Waals surface area contributed by atoms with Crippen molar-refractivity contribution in [1.29, 1.82) is 0 Å². The summed E-state index contributed by atoms with van der Waals surface area (Å²) >= 11 is 1.67. The molecule has 3 fully saturated rings. The number of nitrogens with zero attached hydrogens (tertiary/aromatic N) is 6. The molecule has 244 valence electrons. The topological polar surface area (TPSA) is 88.1 Å². The van der Waals surface area contributed by atoms with Crippen LogP contribution in [0.15, 0.2) is 35.8 Å². The third kappa shape index (κ3) is 7.96. The summed E-state index contributed by atoms with van der Waals surface area (Å²) < 4.78 is 0. The fraction of sp³-hybridized carbons (Fsp3) is 0.629. The molecule has 3 saturated heterocycles. The van der Waals surface area contributed by atoms with Crippen LogP contribution in [-0.4, -0.2) is 102 Å². The number of aliphatic hydroxyl groups is 1. The van der Waals surface area contributed by atoms with Crippen LogP contribution in [0.25, 0.3) is 10.9 Å². The van der Waals surface area contributed by atoms with Crippen molar-refractivity contribution in [2.45, 2.75) is 76.9 Å². The molecule has 1 atom stereocenters. The van der Waals surface area contributed by atoms with Crippen LogP contribution >= 0.6 is 11.3 Å². The van der Waals surface area contributed by atoms with Gasteiger partial charge in [0.15, 0.2) is 5.13 Å². The number of benzene rings is 1. The SMILES string of the molecule is CC(C)c1cc(N2CCCN(C(CC(=O)NCCN3CCCC3)c3csc(N4CCC(C)(O)CC4)n3)CC2)c2ncccc2c1. The lowest BCUT2D eigenvalue weighted by molar-refractivity contribution is -0.122. The van der Waals surface area contributed by atoms with Gasteiger partial charge in [-0.05, 0) is 81.8 Å². The van der Waals surface area contributed by atoms with Gasteiger partial charge in [0.1, 0.15) is 0 Å². The Hall–Kier alpha value is -2.79. The van der Waals surface area contributed by atoms with Gasteiger partial charge in [0.05, 0.1) is 28.5 Å². The first-order valence-electron chi connectivity index (χ1n) is 17.1. The van der Waals surface area contributed by atoms with Crippen LogP contribution in [0.4, 0.5) is 10.8 Å². The Morgan fingerprint density at radius 1 is 1.02 bits per heavy atom. The standard InChI is InChI=1S/C35H51N7O2S/c1-26(2)28-22-27-8-6-11-37-33(27)31(23-28)41-16-7-15-40(20-21-41)30(24-32(43)36-12-19-39-13-4-5-14-39)29-25-45-34(38-29)42-17-9-35(3,44)10-18-42/h6,8,11,22-23,25-26,30,44H,4-5,7,9-10,12-21,24H2,1-3H3,(H,36,43). The van der Waals surface area contributed by atoms with E-state index in [2.05, 4.69) is 62.3 Å². The Morgan fingerprint density at radius 3 is 2.60 bits per heavy atom. The van der Waals surface area contributed by atoms with Gasteiger partial charge in [0, 0.05) is 75.7 Å². The van der Waals surface area contributed by atoms with Gasteiger partial charge in [-0.25, -0.2) is 4.98 Å². The minimum absolute atomic E-state index is 0.0773. The van der Waals surface area contributed by atoms with E-state index in [1.54, 1.807) is 11.3 Å². The normalized spacial score (nSPS) is 20.6. The van der Waals surface area contributed by atoms with Crippen molar-refractivity contribution < 1.29 is 9.90 Å². The molecular formula is C35H51N7O2S. The average molecular weight is 634 g/mol. The monoisotopic (exact) mass is 633 g/mol. The van der Waals surface area contributed by atoms with Crippen molar-refractivity contribution in [3.05, 3.63) is 47.1 Å². The van der Waals surface area contributed by atoms with Crippen LogP contribution < -0.4 is 15.1 Å². The van der Waals surface area contributed by atoms with Gasteiger partial charge in [-0.3, -0.25) is 14.7 Å². The highest BCUT2D eigenvalue weighted by Crippen LogP contribution is 2.35. The van der Waals surface area contributed by atoms with Gasteiger partial charge in [-0.15, -0.1) is 11.3 Å². The first-order chi connectivity index (χ1) is 21.8. The molecule has 1 unspecified atom stereocenters. The molecule has 6 rings (SSSR count). The number of hydrogen-bond donors (Lipinski definition) is 2. The van der Waals surface area contributed by atoms with Crippen LogP contribution in [0.3, 0.4) is 0 Å². The number of piperidine rings is 1. The maximum atomic E-state index is 13.4. The highest BCUT2D eigenvalue weighted by atomic mass is 32.1. The van der Waals surface area contributed by atoms with Crippen LogP contribution in [0.1, 0.15) is 82.5 Å².